The second-order valence-corrected chi connectivity index (χ2v) is 4.16. The van der Waals surface area contributed by atoms with Gasteiger partial charge in [-0.25, -0.2) is 0 Å². The van der Waals surface area contributed by atoms with Gasteiger partial charge in [-0.2, -0.15) is 5.10 Å². The van der Waals surface area contributed by atoms with Crippen molar-refractivity contribution in [3.63, 3.8) is 0 Å². The molecule has 0 spiro atoms. The molecule has 19 heavy (non-hydrogen) atoms. The van der Waals surface area contributed by atoms with Gasteiger partial charge < -0.3 is 0 Å². The predicted octanol–water partition coefficient (Wildman–Crippen LogP) is 3.68. The minimum absolute atomic E-state index is 0.956. The number of hydrogen-bond acceptors (Lipinski definition) is 3. The maximum atomic E-state index is 4.32. The van der Waals surface area contributed by atoms with E-state index in [9.17, 15) is 0 Å². The second-order valence-electron chi connectivity index (χ2n) is 4.16. The smallest absolute Gasteiger partial charge is 0.0723 e. The molecule has 3 nitrogen and oxygen atoms in total. The van der Waals surface area contributed by atoms with Gasteiger partial charge in [0, 0.05) is 11.6 Å². The first-order chi connectivity index (χ1) is 9.43. The van der Waals surface area contributed by atoms with Gasteiger partial charge in [-0.3, -0.25) is 10.4 Å². The van der Waals surface area contributed by atoms with Crippen LogP contribution in [0.3, 0.4) is 0 Å². The molecule has 0 atom stereocenters. The first-order valence-electron chi connectivity index (χ1n) is 6.11. The zero-order chi connectivity index (χ0) is 12.9. The molecule has 0 radical (unpaired) electrons. The minimum Gasteiger partial charge on any atom is -0.278 e. The number of nitrogens with zero attached hydrogens (tertiary/aromatic N) is 2. The van der Waals surface area contributed by atoms with Crippen LogP contribution in [-0.4, -0.2) is 11.2 Å². The standard InChI is InChI=1S/C16H13N3/c1-2-6-13(7-3-1)12-18-19-16-10-11-17-15-9-5-4-8-14(15)16/h1-12H,(H,17,19)/b18-12+. The first-order valence-corrected chi connectivity index (χ1v) is 6.11. The van der Waals surface area contributed by atoms with Gasteiger partial charge in [-0.05, 0) is 17.7 Å². The molecule has 1 aromatic heterocycles. The number of rotatable bonds is 3. The Bertz CT molecular complexity index is 700. The molecule has 0 unspecified atom stereocenters. The van der Waals surface area contributed by atoms with E-state index in [4.69, 9.17) is 0 Å². The summed E-state index contributed by atoms with van der Waals surface area (Å²) in [6, 6.07) is 19.9. The summed E-state index contributed by atoms with van der Waals surface area (Å²) < 4.78 is 0. The minimum atomic E-state index is 0.956. The molecule has 0 fully saturated rings. The summed E-state index contributed by atoms with van der Waals surface area (Å²) in [6.45, 7) is 0. The highest BCUT2D eigenvalue weighted by Crippen LogP contribution is 2.20. The lowest BCUT2D eigenvalue weighted by Gasteiger charge is -2.04. The van der Waals surface area contributed by atoms with E-state index in [0.29, 0.717) is 0 Å². The molecule has 1 N–H and O–H groups in total. The van der Waals surface area contributed by atoms with Crippen molar-refractivity contribution < 1.29 is 0 Å². The van der Waals surface area contributed by atoms with Crippen molar-refractivity contribution in [1.29, 1.82) is 0 Å². The first kappa shape index (κ1) is 11.4. The molecule has 1 heterocycles. The molecule has 0 aliphatic carbocycles. The van der Waals surface area contributed by atoms with Crippen molar-refractivity contribution in [2.75, 3.05) is 5.43 Å². The van der Waals surface area contributed by atoms with Crippen LogP contribution in [0.1, 0.15) is 5.56 Å². The molecule has 0 aliphatic rings. The van der Waals surface area contributed by atoms with Crippen molar-refractivity contribution in [3.8, 4) is 0 Å². The van der Waals surface area contributed by atoms with Crippen LogP contribution in [-0.2, 0) is 0 Å². The molecule has 2 aromatic carbocycles. The molecule has 0 bridgehead atoms. The van der Waals surface area contributed by atoms with Crippen LogP contribution in [0, 0.1) is 0 Å². The average molecular weight is 247 g/mol. The van der Waals surface area contributed by atoms with Gasteiger partial charge in [-0.15, -0.1) is 0 Å². The number of anilines is 1. The number of pyridine rings is 1. The van der Waals surface area contributed by atoms with Crippen LogP contribution >= 0.6 is 0 Å². The summed E-state index contributed by atoms with van der Waals surface area (Å²) in [5, 5.41) is 5.32. The van der Waals surface area contributed by atoms with E-state index >= 15 is 0 Å². The normalized spacial score (nSPS) is 10.9. The van der Waals surface area contributed by atoms with Gasteiger partial charge in [-0.1, -0.05) is 48.5 Å². The lowest BCUT2D eigenvalue weighted by molar-refractivity contribution is 1.33. The Balaban J connectivity index is 1.84. The lowest BCUT2D eigenvalue weighted by atomic mass is 10.2. The molecule has 3 rings (SSSR count). The van der Waals surface area contributed by atoms with E-state index < -0.39 is 0 Å². The van der Waals surface area contributed by atoms with Gasteiger partial charge >= 0.3 is 0 Å². The molecular weight excluding hydrogens is 234 g/mol. The van der Waals surface area contributed by atoms with Crippen molar-refractivity contribution in [3.05, 3.63) is 72.4 Å². The highest BCUT2D eigenvalue weighted by Gasteiger charge is 1.98. The van der Waals surface area contributed by atoms with Crippen LogP contribution in [0.15, 0.2) is 72.0 Å². The van der Waals surface area contributed by atoms with Crippen LogP contribution in [0.2, 0.25) is 0 Å². The summed E-state index contributed by atoms with van der Waals surface area (Å²) in [6.07, 6.45) is 3.58. The van der Waals surface area contributed by atoms with Crippen LogP contribution in [0.25, 0.3) is 10.9 Å². The Hall–Kier alpha value is -2.68. The van der Waals surface area contributed by atoms with Crippen molar-refractivity contribution in [2.24, 2.45) is 5.10 Å². The summed E-state index contributed by atoms with van der Waals surface area (Å²) in [5.74, 6) is 0. The van der Waals surface area contributed by atoms with Crippen LogP contribution < -0.4 is 5.43 Å². The van der Waals surface area contributed by atoms with E-state index in [1.54, 1.807) is 12.4 Å². The highest BCUT2D eigenvalue weighted by molar-refractivity contribution is 5.91. The topological polar surface area (TPSA) is 37.3 Å². The third-order valence-corrected chi connectivity index (χ3v) is 2.85. The zero-order valence-corrected chi connectivity index (χ0v) is 10.3. The fourth-order valence-corrected chi connectivity index (χ4v) is 1.91. The summed E-state index contributed by atoms with van der Waals surface area (Å²) in [5.41, 5.74) is 6.05. The van der Waals surface area contributed by atoms with Gasteiger partial charge in [0.2, 0.25) is 0 Å². The quantitative estimate of drug-likeness (QED) is 0.566. The van der Waals surface area contributed by atoms with E-state index in [-0.39, 0.29) is 0 Å². The number of para-hydroxylation sites is 1. The zero-order valence-electron chi connectivity index (χ0n) is 10.3. The fourth-order valence-electron chi connectivity index (χ4n) is 1.91. The Labute approximate surface area is 111 Å². The monoisotopic (exact) mass is 247 g/mol. The number of nitrogens with one attached hydrogen (secondary N) is 1. The third-order valence-electron chi connectivity index (χ3n) is 2.85. The molecule has 0 aliphatic heterocycles. The van der Waals surface area contributed by atoms with E-state index in [0.717, 1.165) is 22.2 Å². The van der Waals surface area contributed by atoms with E-state index in [2.05, 4.69) is 15.5 Å². The average Bonchev–Trinajstić information content (AvgIpc) is 2.49. The van der Waals surface area contributed by atoms with Gasteiger partial charge in [0.15, 0.2) is 0 Å². The summed E-state index contributed by atoms with van der Waals surface area (Å²) in [7, 11) is 0. The van der Waals surface area contributed by atoms with Gasteiger partial charge in [0.25, 0.3) is 0 Å². The second kappa shape index (κ2) is 5.31. The van der Waals surface area contributed by atoms with Gasteiger partial charge in [0.05, 0.1) is 17.4 Å². The molecule has 0 amide bonds. The Morgan fingerprint density at radius 1 is 0.895 bits per heavy atom. The van der Waals surface area contributed by atoms with Crippen LogP contribution in [0.4, 0.5) is 5.69 Å². The molecular formula is C16H13N3. The number of benzene rings is 2. The van der Waals surface area contributed by atoms with Gasteiger partial charge in [0.1, 0.15) is 0 Å². The molecule has 92 valence electrons. The number of hydrazone groups is 1. The highest BCUT2D eigenvalue weighted by atomic mass is 15.3. The molecule has 0 saturated carbocycles. The molecule has 3 heteroatoms. The Morgan fingerprint density at radius 2 is 1.68 bits per heavy atom. The summed E-state index contributed by atoms with van der Waals surface area (Å²) in [4.78, 5) is 4.32. The maximum Gasteiger partial charge on any atom is 0.0723 e. The maximum absolute atomic E-state index is 4.32. The lowest BCUT2D eigenvalue weighted by Crippen LogP contribution is -1.92. The largest absolute Gasteiger partial charge is 0.278 e. The SMILES string of the molecule is C(=N\Nc1ccnc2ccccc12)/c1ccccc1. The third kappa shape index (κ3) is 2.60. The van der Waals surface area contributed by atoms with Crippen molar-refractivity contribution >= 4 is 22.8 Å². The number of aromatic nitrogens is 1. The van der Waals surface area contributed by atoms with Crippen molar-refractivity contribution in [1.82, 2.24) is 4.98 Å². The Morgan fingerprint density at radius 3 is 2.58 bits per heavy atom. The Kier molecular flexibility index (Phi) is 3.19. The predicted molar refractivity (Wildman–Crippen MR) is 79.4 cm³/mol. The van der Waals surface area contributed by atoms with E-state index in [1.165, 1.54) is 0 Å². The molecule has 0 saturated heterocycles. The number of hydrogen-bond donors (Lipinski definition) is 1. The van der Waals surface area contributed by atoms with Crippen molar-refractivity contribution in [2.45, 2.75) is 0 Å². The van der Waals surface area contributed by atoms with Crippen LogP contribution in [0.5, 0.6) is 0 Å². The number of fused-ring (bicyclic) bond motifs is 1. The summed E-state index contributed by atoms with van der Waals surface area (Å²) >= 11 is 0. The molecule has 3 aromatic rings. The fraction of sp³-hybridized carbons (Fsp3) is 0. The van der Waals surface area contributed by atoms with E-state index in [1.807, 2.05) is 60.7 Å².